The molecule has 1 N–H and O–H groups in total. The summed E-state index contributed by atoms with van der Waals surface area (Å²) in [5, 5.41) is 10.0. The first-order chi connectivity index (χ1) is 13.1. The van der Waals surface area contributed by atoms with Crippen LogP contribution in [0, 0.1) is 0 Å². The van der Waals surface area contributed by atoms with Crippen molar-refractivity contribution in [3.05, 3.63) is 46.5 Å². The number of phenols is 1. The average Bonchev–Trinajstić information content (AvgIpc) is 2.94. The molecule has 0 aliphatic carbocycles. The van der Waals surface area contributed by atoms with E-state index in [2.05, 4.69) is 33.8 Å². The van der Waals surface area contributed by atoms with Crippen LogP contribution in [0.2, 0.25) is 0 Å². The molecule has 0 aromatic heterocycles. The number of rotatable bonds is 3. The lowest BCUT2D eigenvalue weighted by Crippen LogP contribution is -2.30. The molecule has 2 heterocycles. The van der Waals surface area contributed by atoms with Gasteiger partial charge in [0.25, 0.3) is 0 Å². The van der Waals surface area contributed by atoms with Gasteiger partial charge in [-0.3, -0.25) is 4.99 Å². The molecule has 0 saturated heterocycles. The standard InChI is InChI=1S/C23H27NO4/c1-22(2)11-14-10-18(27-6)21-15(12-23(3,4)28-21)19(14)20(24-22)13-7-8-16(25)17(9-13)26-5/h7-10,25H,11-12H2,1-6H3. The van der Waals surface area contributed by atoms with Gasteiger partial charge in [0.2, 0.25) is 0 Å². The summed E-state index contributed by atoms with van der Waals surface area (Å²) in [7, 11) is 3.24. The molecule has 0 saturated carbocycles. The lowest BCUT2D eigenvalue weighted by molar-refractivity contribution is 0.134. The first-order valence-electron chi connectivity index (χ1n) is 9.53. The molecule has 0 spiro atoms. The Balaban J connectivity index is 1.98. The van der Waals surface area contributed by atoms with E-state index >= 15 is 0 Å². The molecule has 0 bridgehead atoms. The molecule has 2 aromatic rings. The van der Waals surface area contributed by atoms with Crippen molar-refractivity contribution in [2.24, 2.45) is 4.99 Å². The Morgan fingerprint density at radius 2 is 1.71 bits per heavy atom. The van der Waals surface area contributed by atoms with Crippen LogP contribution in [-0.2, 0) is 12.8 Å². The van der Waals surface area contributed by atoms with E-state index in [-0.39, 0.29) is 16.9 Å². The van der Waals surface area contributed by atoms with E-state index in [0.29, 0.717) is 5.75 Å². The second kappa shape index (κ2) is 6.16. The summed E-state index contributed by atoms with van der Waals surface area (Å²) in [4.78, 5) is 5.09. The number of fused-ring (bicyclic) bond motifs is 3. The third kappa shape index (κ3) is 2.99. The van der Waals surface area contributed by atoms with Gasteiger partial charge < -0.3 is 19.3 Å². The number of phenolic OH excluding ortho intramolecular Hbond substituents is 1. The van der Waals surface area contributed by atoms with E-state index in [0.717, 1.165) is 46.7 Å². The first-order valence-corrected chi connectivity index (χ1v) is 9.53. The van der Waals surface area contributed by atoms with Gasteiger partial charge in [-0.1, -0.05) is 0 Å². The Labute approximate surface area is 166 Å². The fourth-order valence-electron chi connectivity index (χ4n) is 4.25. The van der Waals surface area contributed by atoms with Crippen LogP contribution in [0.1, 0.15) is 49.9 Å². The monoisotopic (exact) mass is 381 g/mol. The highest BCUT2D eigenvalue weighted by molar-refractivity contribution is 6.16. The molecule has 0 unspecified atom stereocenters. The van der Waals surface area contributed by atoms with Crippen LogP contribution >= 0.6 is 0 Å². The molecule has 2 aliphatic heterocycles. The third-order valence-electron chi connectivity index (χ3n) is 5.35. The average molecular weight is 381 g/mol. The number of hydrogen-bond donors (Lipinski definition) is 1. The first kappa shape index (κ1) is 18.7. The van der Waals surface area contributed by atoms with Crippen LogP contribution < -0.4 is 14.2 Å². The zero-order valence-corrected chi connectivity index (χ0v) is 17.3. The van der Waals surface area contributed by atoms with Gasteiger partial charge in [0.05, 0.1) is 25.5 Å². The van der Waals surface area contributed by atoms with Crippen LogP contribution in [0.15, 0.2) is 29.3 Å². The molecule has 0 atom stereocenters. The van der Waals surface area contributed by atoms with Gasteiger partial charge in [0.1, 0.15) is 5.60 Å². The number of ether oxygens (including phenoxy) is 3. The molecule has 2 aliphatic rings. The maximum atomic E-state index is 10.0. The quantitative estimate of drug-likeness (QED) is 0.861. The second-order valence-electron chi connectivity index (χ2n) is 8.80. The summed E-state index contributed by atoms with van der Waals surface area (Å²) >= 11 is 0. The fraction of sp³-hybridized carbons (Fsp3) is 0.435. The minimum Gasteiger partial charge on any atom is -0.504 e. The van der Waals surface area contributed by atoms with E-state index in [4.69, 9.17) is 19.2 Å². The summed E-state index contributed by atoms with van der Waals surface area (Å²) in [5.41, 5.74) is 4.75. The highest BCUT2D eigenvalue weighted by atomic mass is 16.5. The Morgan fingerprint density at radius 3 is 2.39 bits per heavy atom. The van der Waals surface area contributed by atoms with Crippen molar-refractivity contribution >= 4 is 5.71 Å². The molecule has 148 valence electrons. The van der Waals surface area contributed by atoms with Crippen molar-refractivity contribution in [1.29, 1.82) is 0 Å². The maximum Gasteiger partial charge on any atom is 0.166 e. The Hall–Kier alpha value is -2.69. The molecule has 0 amide bonds. The van der Waals surface area contributed by atoms with Gasteiger partial charge in [-0.2, -0.15) is 0 Å². The molecular weight excluding hydrogens is 354 g/mol. The van der Waals surface area contributed by atoms with Gasteiger partial charge in [-0.05, 0) is 63.9 Å². The number of nitrogens with zero attached hydrogens (tertiary/aromatic N) is 1. The predicted molar refractivity (Wildman–Crippen MR) is 109 cm³/mol. The Kier molecular flexibility index (Phi) is 4.11. The minimum atomic E-state index is -0.296. The van der Waals surface area contributed by atoms with Gasteiger partial charge in [0, 0.05) is 23.1 Å². The van der Waals surface area contributed by atoms with E-state index in [1.165, 1.54) is 5.56 Å². The van der Waals surface area contributed by atoms with Crippen LogP contribution in [0.25, 0.3) is 0 Å². The van der Waals surface area contributed by atoms with Crippen molar-refractivity contribution in [1.82, 2.24) is 0 Å². The van der Waals surface area contributed by atoms with Crippen LogP contribution in [-0.4, -0.2) is 36.2 Å². The molecule has 2 aromatic carbocycles. The van der Waals surface area contributed by atoms with Crippen molar-refractivity contribution in [2.45, 2.75) is 51.7 Å². The van der Waals surface area contributed by atoms with Gasteiger partial charge >= 0.3 is 0 Å². The summed E-state index contributed by atoms with van der Waals surface area (Å²) in [6.07, 6.45) is 1.61. The predicted octanol–water partition coefficient (Wildman–Crippen LogP) is 4.30. The number of aromatic hydroxyl groups is 1. The maximum absolute atomic E-state index is 10.0. The lowest BCUT2D eigenvalue weighted by atomic mass is 9.81. The van der Waals surface area contributed by atoms with Crippen LogP contribution in [0.5, 0.6) is 23.0 Å². The molecule has 0 radical (unpaired) electrons. The Bertz CT molecular complexity index is 989. The lowest BCUT2D eigenvalue weighted by Gasteiger charge is -2.31. The third-order valence-corrected chi connectivity index (χ3v) is 5.35. The molecule has 28 heavy (non-hydrogen) atoms. The smallest absolute Gasteiger partial charge is 0.166 e. The molecule has 5 heteroatoms. The van der Waals surface area contributed by atoms with Crippen molar-refractivity contribution in [3.8, 4) is 23.0 Å². The van der Waals surface area contributed by atoms with Crippen molar-refractivity contribution in [3.63, 3.8) is 0 Å². The summed E-state index contributed by atoms with van der Waals surface area (Å²) in [6.45, 7) is 8.44. The van der Waals surface area contributed by atoms with E-state index in [1.807, 2.05) is 12.1 Å². The van der Waals surface area contributed by atoms with Crippen LogP contribution in [0.4, 0.5) is 0 Å². The van der Waals surface area contributed by atoms with Crippen LogP contribution in [0.3, 0.4) is 0 Å². The zero-order chi connectivity index (χ0) is 20.3. The Morgan fingerprint density at radius 1 is 1.00 bits per heavy atom. The topological polar surface area (TPSA) is 60.3 Å². The number of benzene rings is 2. The SMILES string of the molecule is COc1cc(C2=NC(C)(C)Cc3cc(OC)c4c(c32)CC(C)(C)O4)ccc1O. The molecular formula is C23H27NO4. The highest BCUT2D eigenvalue weighted by Gasteiger charge is 2.39. The van der Waals surface area contributed by atoms with Gasteiger partial charge in [0.15, 0.2) is 23.0 Å². The molecule has 5 nitrogen and oxygen atoms in total. The number of aliphatic imine (C=N–C) groups is 1. The minimum absolute atomic E-state index is 0.117. The van der Waals surface area contributed by atoms with E-state index in [9.17, 15) is 5.11 Å². The number of hydrogen-bond acceptors (Lipinski definition) is 5. The van der Waals surface area contributed by atoms with Gasteiger partial charge in [-0.15, -0.1) is 0 Å². The second-order valence-corrected chi connectivity index (χ2v) is 8.80. The zero-order valence-electron chi connectivity index (χ0n) is 17.3. The van der Waals surface area contributed by atoms with Crippen molar-refractivity contribution in [2.75, 3.05) is 14.2 Å². The summed E-state index contributed by atoms with van der Waals surface area (Å²) in [6, 6.07) is 7.47. The fourth-order valence-corrected chi connectivity index (χ4v) is 4.25. The van der Waals surface area contributed by atoms with Gasteiger partial charge in [-0.25, -0.2) is 0 Å². The normalized spacial score (nSPS) is 18.6. The summed E-state index contributed by atoms with van der Waals surface area (Å²) < 4.78 is 17.2. The molecule has 4 rings (SSSR count). The van der Waals surface area contributed by atoms with E-state index in [1.54, 1.807) is 20.3 Å². The van der Waals surface area contributed by atoms with Crippen molar-refractivity contribution < 1.29 is 19.3 Å². The largest absolute Gasteiger partial charge is 0.504 e. The summed E-state index contributed by atoms with van der Waals surface area (Å²) in [5.74, 6) is 2.14. The molecule has 0 fully saturated rings. The highest BCUT2D eigenvalue weighted by Crippen LogP contribution is 2.48. The number of methoxy groups -OCH3 is 2. The van der Waals surface area contributed by atoms with E-state index < -0.39 is 0 Å².